The first-order chi connectivity index (χ1) is 11.8. The SMILES string of the molecule is COc1ccccc1N1CCN(c2cc(C3CCC3)ncn2)CC1. The molecule has 0 radical (unpaired) electrons. The number of hydrogen-bond acceptors (Lipinski definition) is 5. The Morgan fingerprint density at radius 1 is 1.00 bits per heavy atom. The molecule has 2 fully saturated rings. The summed E-state index contributed by atoms with van der Waals surface area (Å²) in [6.07, 6.45) is 5.62. The van der Waals surface area contributed by atoms with Gasteiger partial charge in [-0.3, -0.25) is 0 Å². The summed E-state index contributed by atoms with van der Waals surface area (Å²) in [5.41, 5.74) is 2.40. The molecule has 4 rings (SSSR count). The number of aromatic nitrogens is 2. The van der Waals surface area contributed by atoms with Crippen molar-refractivity contribution >= 4 is 11.5 Å². The zero-order chi connectivity index (χ0) is 16.4. The summed E-state index contributed by atoms with van der Waals surface area (Å²) >= 11 is 0. The van der Waals surface area contributed by atoms with Gasteiger partial charge in [0.05, 0.1) is 12.8 Å². The summed E-state index contributed by atoms with van der Waals surface area (Å²) in [4.78, 5) is 13.7. The van der Waals surface area contributed by atoms with Crippen LogP contribution in [0.5, 0.6) is 5.75 Å². The lowest BCUT2D eigenvalue weighted by atomic mass is 9.83. The fourth-order valence-electron chi connectivity index (χ4n) is 3.53. The summed E-state index contributed by atoms with van der Waals surface area (Å²) < 4.78 is 5.49. The van der Waals surface area contributed by atoms with Gasteiger partial charge >= 0.3 is 0 Å². The van der Waals surface area contributed by atoms with Crippen LogP contribution in [0.15, 0.2) is 36.7 Å². The van der Waals surface area contributed by atoms with Crippen molar-refractivity contribution in [2.45, 2.75) is 25.2 Å². The number of para-hydroxylation sites is 2. The second-order valence-electron chi connectivity index (χ2n) is 6.57. The zero-order valence-electron chi connectivity index (χ0n) is 14.2. The van der Waals surface area contributed by atoms with E-state index in [1.165, 1.54) is 30.6 Å². The van der Waals surface area contributed by atoms with Crippen molar-refractivity contribution in [2.75, 3.05) is 43.1 Å². The molecule has 2 aromatic rings. The predicted octanol–water partition coefficient (Wildman–Crippen LogP) is 3.08. The molecule has 0 bridgehead atoms. The second kappa shape index (κ2) is 6.67. The van der Waals surface area contributed by atoms with Crippen LogP contribution in [0.3, 0.4) is 0 Å². The lowest BCUT2D eigenvalue weighted by Crippen LogP contribution is -2.47. The van der Waals surface area contributed by atoms with Crippen LogP contribution in [0.4, 0.5) is 11.5 Å². The third-order valence-electron chi connectivity index (χ3n) is 5.23. The molecule has 1 aliphatic heterocycles. The second-order valence-corrected chi connectivity index (χ2v) is 6.57. The predicted molar refractivity (Wildman–Crippen MR) is 96.0 cm³/mol. The van der Waals surface area contributed by atoms with E-state index in [1.807, 2.05) is 12.1 Å². The molecule has 1 saturated heterocycles. The Morgan fingerprint density at radius 2 is 1.75 bits per heavy atom. The van der Waals surface area contributed by atoms with Gasteiger partial charge in [0, 0.05) is 43.9 Å². The molecule has 0 unspecified atom stereocenters. The average Bonchev–Trinajstić information content (AvgIpc) is 2.61. The Hall–Kier alpha value is -2.30. The highest BCUT2D eigenvalue weighted by Crippen LogP contribution is 2.36. The first kappa shape index (κ1) is 15.2. The van der Waals surface area contributed by atoms with Crippen LogP contribution in [-0.4, -0.2) is 43.3 Å². The van der Waals surface area contributed by atoms with Crippen LogP contribution in [0.25, 0.3) is 0 Å². The molecule has 24 heavy (non-hydrogen) atoms. The number of benzene rings is 1. The lowest BCUT2D eigenvalue weighted by Gasteiger charge is -2.37. The van der Waals surface area contributed by atoms with Crippen LogP contribution in [-0.2, 0) is 0 Å². The quantitative estimate of drug-likeness (QED) is 0.864. The standard InChI is InChI=1S/C19H24N4O/c1-24-18-8-3-2-7-17(18)22-9-11-23(12-10-22)19-13-16(20-14-21-19)15-5-4-6-15/h2-3,7-8,13-15H,4-6,9-12H2,1H3. The van der Waals surface area contributed by atoms with E-state index >= 15 is 0 Å². The van der Waals surface area contributed by atoms with Crippen molar-refractivity contribution < 1.29 is 4.74 Å². The Labute approximate surface area is 143 Å². The van der Waals surface area contributed by atoms with Gasteiger partial charge in [0.1, 0.15) is 17.9 Å². The third kappa shape index (κ3) is 2.90. The minimum atomic E-state index is 0.654. The number of piperazine rings is 1. The number of ether oxygens (including phenoxy) is 1. The summed E-state index contributed by atoms with van der Waals surface area (Å²) in [5, 5.41) is 0. The minimum absolute atomic E-state index is 0.654. The Kier molecular flexibility index (Phi) is 4.24. The molecule has 126 valence electrons. The molecule has 5 nitrogen and oxygen atoms in total. The summed E-state index contributed by atoms with van der Waals surface area (Å²) in [6.45, 7) is 3.89. The average molecular weight is 324 g/mol. The van der Waals surface area contributed by atoms with Gasteiger partial charge in [-0.05, 0) is 25.0 Å². The summed E-state index contributed by atoms with van der Waals surface area (Å²) in [5.74, 6) is 2.67. The van der Waals surface area contributed by atoms with Gasteiger partial charge in [-0.15, -0.1) is 0 Å². The Bertz CT molecular complexity index is 693. The molecule has 1 aliphatic carbocycles. The smallest absolute Gasteiger partial charge is 0.142 e. The van der Waals surface area contributed by atoms with Gasteiger partial charge in [0.2, 0.25) is 0 Å². The van der Waals surface area contributed by atoms with Crippen LogP contribution in [0, 0.1) is 0 Å². The van der Waals surface area contributed by atoms with E-state index in [9.17, 15) is 0 Å². The highest BCUT2D eigenvalue weighted by atomic mass is 16.5. The Morgan fingerprint density at radius 3 is 2.46 bits per heavy atom. The zero-order valence-corrected chi connectivity index (χ0v) is 14.2. The fourth-order valence-corrected chi connectivity index (χ4v) is 3.53. The van der Waals surface area contributed by atoms with Crippen LogP contribution >= 0.6 is 0 Å². The number of rotatable bonds is 4. The third-order valence-corrected chi connectivity index (χ3v) is 5.23. The maximum Gasteiger partial charge on any atom is 0.142 e. The molecule has 2 heterocycles. The van der Waals surface area contributed by atoms with Gasteiger partial charge in [0.25, 0.3) is 0 Å². The summed E-state index contributed by atoms with van der Waals surface area (Å²) in [7, 11) is 1.73. The highest BCUT2D eigenvalue weighted by molar-refractivity contribution is 5.59. The minimum Gasteiger partial charge on any atom is -0.495 e. The maximum absolute atomic E-state index is 5.49. The Balaban J connectivity index is 1.44. The topological polar surface area (TPSA) is 41.5 Å². The molecule has 5 heteroatoms. The maximum atomic E-state index is 5.49. The van der Waals surface area contributed by atoms with Gasteiger partial charge in [-0.2, -0.15) is 0 Å². The number of nitrogens with zero attached hydrogens (tertiary/aromatic N) is 4. The monoisotopic (exact) mass is 324 g/mol. The lowest BCUT2D eigenvalue weighted by molar-refractivity contribution is 0.410. The van der Waals surface area contributed by atoms with E-state index in [0.717, 1.165) is 37.7 Å². The van der Waals surface area contributed by atoms with E-state index in [-0.39, 0.29) is 0 Å². The number of hydrogen-bond donors (Lipinski definition) is 0. The van der Waals surface area contributed by atoms with Gasteiger partial charge in [-0.25, -0.2) is 9.97 Å². The molecule has 0 N–H and O–H groups in total. The van der Waals surface area contributed by atoms with Crippen LogP contribution in [0.2, 0.25) is 0 Å². The van der Waals surface area contributed by atoms with E-state index in [2.05, 4.69) is 38.0 Å². The van der Waals surface area contributed by atoms with E-state index in [0.29, 0.717) is 5.92 Å². The molecule has 0 amide bonds. The van der Waals surface area contributed by atoms with Crippen LogP contribution in [0.1, 0.15) is 30.9 Å². The van der Waals surface area contributed by atoms with Crippen molar-refractivity contribution in [1.82, 2.24) is 9.97 Å². The summed E-state index contributed by atoms with van der Waals surface area (Å²) in [6, 6.07) is 10.4. The molecular formula is C19H24N4O. The molecule has 2 aliphatic rings. The van der Waals surface area contributed by atoms with Crippen molar-refractivity contribution in [3.8, 4) is 5.75 Å². The first-order valence-corrected chi connectivity index (χ1v) is 8.80. The van der Waals surface area contributed by atoms with Crippen molar-refractivity contribution in [2.24, 2.45) is 0 Å². The van der Waals surface area contributed by atoms with E-state index in [4.69, 9.17) is 4.74 Å². The molecule has 1 aromatic heterocycles. The molecular weight excluding hydrogens is 300 g/mol. The van der Waals surface area contributed by atoms with Gasteiger partial charge in [-0.1, -0.05) is 18.6 Å². The van der Waals surface area contributed by atoms with Crippen molar-refractivity contribution in [3.63, 3.8) is 0 Å². The van der Waals surface area contributed by atoms with Crippen molar-refractivity contribution in [1.29, 1.82) is 0 Å². The molecule has 1 aromatic carbocycles. The normalized spacial score (nSPS) is 18.4. The molecule has 0 atom stereocenters. The first-order valence-electron chi connectivity index (χ1n) is 8.80. The van der Waals surface area contributed by atoms with Gasteiger partial charge < -0.3 is 14.5 Å². The van der Waals surface area contributed by atoms with Crippen LogP contribution < -0.4 is 14.5 Å². The molecule has 0 spiro atoms. The fraction of sp³-hybridized carbons (Fsp3) is 0.474. The van der Waals surface area contributed by atoms with E-state index in [1.54, 1.807) is 13.4 Å². The van der Waals surface area contributed by atoms with E-state index < -0.39 is 0 Å². The largest absolute Gasteiger partial charge is 0.495 e. The van der Waals surface area contributed by atoms with Gasteiger partial charge in [0.15, 0.2) is 0 Å². The highest BCUT2D eigenvalue weighted by Gasteiger charge is 2.24. The number of anilines is 2. The molecule has 1 saturated carbocycles. The van der Waals surface area contributed by atoms with Crippen molar-refractivity contribution in [3.05, 3.63) is 42.4 Å². The number of methoxy groups -OCH3 is 1.